The van der Waals surface area contributed by atoms with Crippen LogP contribution in [0.5, 0.6) is 0 Å². The lowest BCUT2D eigenvalue weighted by Crippen LogP contribution is -2.38. The average molecular weight is 198 g/mol. The quantitative estimate of drug-likeness (QED) is 0.649. The SMILES string of the molecule is CC(C)=CCC(C)(C)C1OCCCO1. The Kier molecular flexibility index (Phi) is 4.14. The van der Waals surface area contributed by atoms with Crippen LogP contribution in [0, 0.1) is 5.41 Å². The van der Waals surface area contributed by atoms with Crippen LogP contribution in [-0.4, -0.2) is 19.5 Å². The Morgan fingerprint density at radius 1 is 1.29 bits per heavy atom. The zero-order valence-corrected chi connectivity index (χ0v) is 9.80. The highest BCUT2D eigenvalue weighted by molar-refractivity contribution is 4.96. The van der Waals surface area contributed by atoms with E-state index in [1.165, 1.54) is 5.57 Å². The van der Waals surface area contributed by atoms with E-state index in [9.17, 15) is 0 Å². The third kappa shape index (κ3) is 3.43. The van der Waals surface area contributed by atoms with Gasteiger partial charge in [-0.05, 0) is 26.7 Å². The van der Waals surface area contributed by atoms with Gasteiger partial charge < -0.3 is 9.47 Å². The van der Waals surface area contributed by atoms with Crippen molar-refractivity contribution in [2.24, 2.45) is 5.41 Å². The van der Waals surface area contributed by atoms with E-state index in [2.05, 4.69) is 33.8 Å². The number of hydrogen-bond donors (Lipinski definition) is 0. The summed E-state index contributed by atoms with van der Waals surface area (Å²) < 4.78 is 11.2. The molecule has 0 radical (unpaired) electrons. The zero-order chi connectivity index (χ0) is 10.6. The normalized spacial score (nSPS) is 19.4. The van der Waals surface area contributed by atoms with Gasteiger partial charge in [0.25, 0.3) is 0 Å². The first-order valence-corrected chi connectivity index (χ1v) is 5.39. The maximum Gasteiger partial charge on any atom is 0.162 e. The van der Waals surface area contributed by atoms with Crippen LogP contribution in [0.1, 0.15) is 40.5 Å². The molecule has 0 aromatic carbocycles. The summed E-state index contributed by atoms with van der Waals surface area (Å²) in [6.07, 6.45) is 4.25. The molecule has 2 heteroatoms. The number of ether oxygens (including phenoxy) is 2. The van der Waals surface area contributed by atoms with Crippen LogP contribution < -0.4 is 0 Å². The summed E-state index contributed by atoms with van der Waals surface area (Å²) in [4.78, 5) is 0. The summed E-state index contributed by atoms with van der Waals surface area (Å²) in [5.41, 5.74) is 1.44. The van der Waals surface area contributed by atoms with Gasteiger partial charge in [0.05, 0.1) is 13.2 Å². The first-order chi connectivity index (χ1) is 6.52. The van der Waals surface area contributed by atoms with Crippen LogP contribution in [0.4, 0.5) is 0 Å². The molecule has 0 aromatic rings. The van der Waals surface area contributed by atoms with Crippen LogP contribution >= 0.6 is 0 Å². The highest BCUT2D eigenvalue weighted by Gasteiger charge is 2.31. The first kappa shape index (κ1) is 11.7. The predicted octanol–water partition coefficient (Wildman–Crippen LogP) is 3.13. The standard InChI is InChI=1S/C12H22O2/c1-10(2)6-7-12(3,4)11-13-8-5-9-14-11/h6,11H,5,7-9H2,1-4H3. The van der Waals surface area contributed by atoms with E-state index in [1.54, 1.807) is 0 Å². The zero-order valence-electron chi connectivity index (χ0n) is 9.80. The van der Waals surface area contributed by atoms with Crippen LogP contribution in [0.15, 0.2) is 11.6 Å². The maximum absolute atomic E-state index is 5.62. The van der Waals surface area contributed by atoms with E-state index in [-0.39, 0.29) is 11.7 Å². The lowest BCUT2D eigenvalue weighted by atomic mass is 9.87. The molecule has 14 heavy (non-hydrogen) atoms. The third-order valence-corrected chi connectivity index (χ3v) is 2.50. The third-order valence-electron chi connectivity index (χ3n) is 2.50. The molecule has 1 rings (SSSR count). The molecule has 1 aliphatic heterocycles. The Hall–Kier alpha value is -0.340. The van der Waals surface area contributed by atoms with Gasteiger partial charge in [-0.3, -0.25) is 0 Å². The first-order valence-electron chi connectivity index (χ1n) is 5.39. The molecule has 0 atom stereocenters. The second-order valence-corrected chi connectivity index (χ2v) is 4.90. The topological polar surface area (TPSA) is 18.5 Å². The van der Waals surface area contributed by atoms with Gasteiger partial charge in [-0.15, -0.1) is 0 Å². The molecule has 1 fully saturated rings. The predicted molar refractivity (Wildman–Crippen MR) is 58.1 cm³/mol. The van der Waals surface area contributed by atoms with Gasteiger partial charge in [0.2, 0.25) is 0 Å². The molecule has 0 unspecified atom stereocenters. The molecular formula is C12H22O2. The van der Waals surface area contributed by atoms with Gasteiger partial charge in [0.15, 0.2) is 6.29 Å². The van der Waals surface area contributed by atoms with Crippen molar-refractivity contribution in [2.75, 3.05) is 13.2 Å². The number of allylic oxidation sites excluding steroid dienone is 2. The minimum atomic E-state index is -0.0353. The molecule has 0 N–H and O–H groups in total. The molecular weight excluding hydrogens is 176 g/mol. The summed E-state index contributed by atoms with van der Waals surface area (Å²) >= 11 is 0. The minimum absolute atomic E-state index is 0.0353. The molecule has 0 spiro atoms. The fraction of sp³-hybridized carbons (Fsp3) is 0.833. The van der Waals surface area contributed by atoms with Gasteiger partial charge in [-0.1, -0.05) is 25.5 Å². The molecule has 82 valence electrons. The van der Waals surface area contributed by atoms with E-state index >= 15 is 0 Å². The molecule has 0 aliphatic carbocycles. The van der Waals surface area contributed by atoms with Crippen molar-refractivity contribution in [3.8, 4) is 0 Å². The number of hydrogen-bond acceptors (Lipinski definition) is 2. The monoisotopic (exact) mass is 198 g/mol. The molecule has 1 aliphatic rings. The van der Waals surface area contributed by atoms with E-state index < -0.39 is 0 Å². The Bertz CT molecular complexity index is 196. The summed E-state index contributed by atoms with van der Waals surface area (Å²) in [6.45, 7) is 10.3. The second-order valence-electron chi connectivity index (χ2n) is 4.90. The fourth-order valence-electron chi connectivity index (χ4n) is 1.50. The Labute approximate surface area is 87.3 Å². The van der Waals surface area contributed by atoms with Gasteiger partial charge in [-0.25, -0.2) is 0 Å². The van der Waals surface area contributed by atoms with Crippen molar-refractivity contribution in [1.29, 1.82) is 0 Å². The van der Waals surface area contributed by atoms with Crippen molar-refractivity contribution < 1.29 is 9.47 Å². The highest BCUT2D eigenvalue weighted by Crippen LogP contribution is 2.31. The largest absolute Gasteiger partial charge is 0.352 e. The second kappa shape index (κ2) is 4.94. The number of rotatable bonds is 3. The van der Waals surface area contributed by atoms with E-state index in [4.69, 9.17) is 9.47 Å². The van der Waals surface area contributed by atoms with Crippen LogP contribution in [0.2, 0.25) is 0 Å². The Balaban J connectivity index is 2.49. The molecule has 1 saturated heterocycles. The van der Waals surface area contributed by atoms with Gasteiger partial charge in [0.1, 0.15) is 0 Å². The van der Waals surface area contributed by atoms with Crippen molar-refractivity contribution in [3.05, 3.63) is 11.6 Å². The summed E-state index contributed by atoms with van der Waals surface area (Å²) in [7, 11) is 0. The minimum Gasteiger partial charge on any atom is -0.352 e. The van der Waals surface area contributed by atoms with Crippen molar-refractivity contribution in [2.45, 2.75) is 46.8 Å². The van der Waals surface area contributed by atoms with Crippen LogP contribution in [0.3, 0.4) is 0 Å². The summed E-state index contributed by atoms with van der Waals surface area (Å²) in [6, 6.07) is 0. The highest BCUT2D eigenvalue weighted by atomic mass is 16.7. The van der Waals surface area contributed by atoms with Crippen molar-refractivity contribution in [3.63, 3.8) is 0 Å². The maximum atomic E-state index is 5.62. The van der Waals surface area contributed by atoms with Gasteiger partial charge >= 0.3 is 0 Å². The molecule has 0 aromatic heterocycles. The van der Waals surface area contributed by atoms with Crippen molar-refractivity contribution >= 4 is 0 Å². The smallest absolute Gasteiger partial charge is 0.162 e. The summed E-state index contributed by atoms with van der Waals surface area (Å²) in [5, 5.41) is 0. The molecule has 2 nitrogen and oxygen atoms in total. The van der Waals surface area contributed by atoms with Gasteiger partial charge in [0, 0.05) is 5.41 Å². The molecule has 0 saturated carbocycles. The van der Waals surface area contributed by atoms with E-state index in [0.717, 1.165) is 26.1 Å². The molecule has 0 amide bonds. The molecule has 1 heterocycles. The lowest BCUT2D eigenvalue weighted by Gasteiger charge is -2.35. The van der Waals surface area contributed by atoms with Gasteiger partial charge in [-0.2, -0.15) is 0 Å². The fourth-order valence-corrected chi connectivity index (χ4v) is 1.50. The van der Waals surface area contributed by atoms with E-state index in [0.29, 0.717) is 0 Å². The lowest BCUT2D eigenvalue weighted by molar-refractivity contribution is -0.227. The summed E-state index contributed by atoms with van der Waals surface area (Å²) in [5.74, 6) is 0. The van der Waals surface area contributed by atoms with Crippen LogP contribution in [0.25, 0.3) is 0 Å². The Morgan fingerprint density at radius 2 is 1.86 bits per heavy atom. The average Bonchev–Trinajstić information content (AvgIpc) is 2.16. The van der Waals surface area contributed by atoms with E-state index in [1.807, 2.05) is 0 Å². The molecule has 0 bridgehead atoms. The van der Waals surface area contributed by atoms with Crippen molar-refractivity contribution in [1.82, 2.24) is 0 Å². The van der Waals surface area contributed by atoms with Crippen LogP contribution in [-0.2, 0) is 9.47 Å². The Morgan fingerprint density at radius 3 is 2.36 bits per heavy atom.